The van der Waals surface area contributed by atoms with Crippen molar-refractivity contribution in [3.63, 3.8) is 0 Å². The number of aromatic nitrogens is 3. The van der Waals surface area contributed by atoms with Gasteiger partial charge in [-0.3, -0.25) is 4.98 Å². The van der Waals surface area contributed by atoms with Crippen molar-refractivity contribution < 1.29 is 9.13 Å². The summed E-state index contributed by atoms with van der Waals surface area (Å²) >= 11 is 0. The zero-order chi connectivity index (χ0) is 23.1. The zero-order valence-corrected chi connectivity index (χ0v) is 19.1. The minimum Gasteiger partial charge on any atom is -0.370 e. The summed E-state index contributed by atoms with van der Waals surface area (Å²) in [5, 5.41) is 0.747. The molecule has 0 aliphatic carbocycles. The molecule has 0 N–H and O–H groups in total. The number of hydrogen-bond donors (Lipinski definition) is 0. The van der Waals surface area contributed by atoms with Crippen LogP contribution in [0.4, 0.5) is 15.9 Å². The normalized spacial score (nSPS) is 18.2. The van der Waals surface area contributed by atoms with E-state index in [1.165, 1.54) is 23.3 Å². The first kappa shape index (κ1) is 21.0. The fourth-order valence-corrected chi connectivity index (χ4v) is 4.96. The second-order valence-corrected chi connectivity index (χ2v) is 8.94. The van der Waals surface area contributed by atoms with Crippen molar-refractivity contribution in [2.75, 3.05) is 36.0 Å². The zero-order valence-electron chi connectivity index (χ0n) is 19.1. The first-order chi connectivity index (χ1) is 16.6. The van der Waals surface area contributed by atoms with Crippen molar-refractivity contribution >= 4 is 22.4 Å². The topological polar surface area (TPSA) is 54.4 Å². The molecule has 0 amide bonds. The maximum absolute atomic E-state index is 14.0. The van der Waals surface area contributed by atoms with Crippen LogP contribution in [-0.2, 0) is 17.7 Å². The second kappa shape index (κ2) is 8.65. The van der Waals surface area contributed by atoms with E-state index in [2.05, 4.69) is 45.1 Å². The van der Waals surface area contributed by atoms with E-state index in [1.807, 2.05) is 19.2 Å². The lowest BCUT2D eigenvalue weighted by Gasteiger charge is -2.36. The highest BCUT2D eigenvalue weighted by Crippen LogP contribution is 2.32. The SMILES string of the molecule is Cc1nc(N2CCc3ncc(N4CCO[C@H](c5ccccc5)C4)cc3C2)c2cc(F)ccc2n1. The van der Waals surface area contributed by atoms with Crippen molar-refractivity contribution in [1.29, 1.82) is 0 Å². The van der Waals surface area contributed by atoms with Gasteiger partial charge in [0.1, 0.15) is 23.6 Å². The van der Waals surface area contributed by atoms with Crippen LogP contribution in [0.5, 0.6) is 0 Å². The Kier molecular flexibility index (Phi) is 5.34. The number of rotatable bonds is 3. The van der Waals surface area contributed by atoms with Gasteiger partial charge in [0.15, 0.2) is 0 Å². The van der Waals surface area contributed by atoms with Gasteiger partial charge < -0.3 is 14.5 Å². The maximum Gasteiger partial charge on any atom is 0.140 e. The Morgan fingerprint density at radius 2 is 1.88 bits per heavy atom. The van der Waals surface area contributed by atoms with Gasteiger partial charge in [0.2, 0.25) is 0 Å². The van der Waals surface area contributed by atoms with Crippen LogP contribution in [0.1, 0.15) is 28.7 Å². The number of hydrogen-bond acceptors (Lipinski definition) is 6. The van der Waals surface area contributed by atoms with Crippen LogP contribution in [0.25, 0.3) is 10.9 Å². The molecule has 6 rings (SSSR count). The molecule has 4 heterocycles. The van der Waals surface area contributed by atoms with E-state index in [9.17, 15) is 4.39 Å². The molecule has 0 spiro atoms. The molecule has 4 aromatic rings. The number of benzene rings is 2. The average Bonchev–Trinajstić information content (AvgIpc) is 2.88. The van der Waals surface area contributed by atoms with Crippen LogP contribution in [0, 0.1) is 12.7 Å². The van der Waals surface area contributed by atoms with E-state index in [0.717, 1.165) is 54.2 Å². The molecule has 6 nitrogen and oxygen atoms in total. The lowest BCUT2D eigenvalue weighted by molar-refractivity contribution is 0.0398. The first-order valence-corrected chi connectivity index (χ1v) is 11.7. The van der Waals surface area contributed by atoms with E-state index in [0.29, 0.717) is 19.0 Å². The van der Waals surface area contributed by atoms with Crippen LogP contribution in [0.2, 0.25) is 0 Å². The van der Waals surface area contributed by atoms with Gasteiger partial charge in [0, 0.05) is 43.7 Å². The summed E-state index contributed by atoms with van der Waals surface area (Å²) in [6, 6.07) is 17.3. The Balaban J connectivity index is 1.28. The van der Waals surface area contributed by atoms with Crippen molar-refractivity contribution in [3.8, 4) is 0 Å². The Morgan fingerprint density at radius 1 is 1.00 bits per heavy atom. The number of pyridine rings is 1. The fourth-order valence-electron chi connectivity index (χ4n) is 4.96. The maximum atomic E-state index is 14.0. The van der Waals surface area contributed by atoms with Crippen LogP contribution in [-0.4, -0.2) is 41.2 Å². The molecular weight excluding hydrogens is 429 g/mol. The standard InChI is InChI=1S/C27H26FN5O/c1-18-30-25-8-7-21(28)14-23(25)27(31-18)33-10-9-24-20(16-33)13-22(15-29-24)32-11-12-34-26(17-32)19-5-3-2-4-6-19/h2-8,13-15,26H,9-12,16-17H2,1H3/t26-/m0/s1. The number of morpholine rings is 1. The van der Waals surface area contributed by atoms with Crippen molar-refractivity contribution in [1.82, 2.24) is 15.0 Å². The quantitative estimate of drug-likeness (QED) is 0.450. The molecule has 2 aromatic heterocycles. The molecule has 1 atom stereocenters. The summed E-state index contributed by atoms with van der Waals surface area (Å²) in [5.74, 6) is 1.20. The number of ether oxygens (including phenoxy) is 1. The third-order valence-electron chi connectivity index (χ3n) is 6.68. The van der Waals surface area contributed by atoms with Crippen LogP contribution < -0.4 is 9.80 Å². The third-order valence-corrected chi connectivity index (χ3v) is 6.68. The summed E-state index contributed by atoms with van der Waals surface area (Å²) < 4.78 is 20.1. The number of fused-ring (bicyclic) bond motifs is 2. The minimum atomic E-state index is -0.275. The molecule has 1 fully saturated rings. The monoisotopic (exact) mass is 455 g/mol. The lowest BCUT2D eigenvalue weighted by atomic mass is 10.0. The van der Waals surface area contributed by atoms with Gasteiger partial charge in [-0.05, 0) is 42.3 Å². The summed E-state index contributed by atoms with van der Waals surface area (Å²) in [5.41, 5.74) is 5.38. The van der Waals surface area contributed by atoms with Crippen molar-refractivity contribution in [2.45, 2.75) is 26.0 Å². The Hall–Kier alpha value is -3.58. The van der Waals surface area contributed by atoms with Gasteiger partial charge in [-0.1, -0.05) is 30.3 Å². The summed E-state index contributed by atoms with van der Waals surface area (Å²) in [4.78, 5) is 18.6. The largest absolute Gasteiger partial charge is 0.370 e. The predicted octanol–water partition coefficient (Wildman–Crippen LogP) is 4.61. The molecule has 0 saturated carbocycles. The van der Waals surface area contributed by atoms with Gasteiger partial charge in [-0.15, -0.1) is 0 Å². The summed E-state index contributed by atoms with van der Waals surface area (Å²) in [6.07, 6.45) is 2.86. The van der Waals surface area contributed by atoms with Gasteiger partial charge in [0.25, 0.3) is 0 Å². The molecule has 34 heavy (non-hydrogen) atoms. The highest BCUT2D eigenvalue weighted by atomic mass is 19.1. The average molecular weight is 456 g/mol. The van der Waals surface area contributed by atoms with Gasteiger partial charge in [-0.25, -0.2) is 14.4 Å². The van der Waals surface area contributed by atoms with Gasteiger partial charge in [-0.2, -0.15) is 0 Å². The van der Waals surface area contributed by atoms with Crippen LogP contribution >= 0.6 is 0 Å². The second-order valence-electron chi connectivity index (χ2n) is 8.94. The van der Waals surface area contributed by atoms with Gasteiger partial charge in [0.05, 0.1) is 24.0 Å². The lowest BCUT2D eigenvalue weighted by Crippen LogP contribution is -2.39. The predicted molar refractivity (Wildman–Crippen MR) is 131 cm³/mol. The van der Waals surface area contributed by atoms with Crippen molar-refractivity contribution in [3.05, 3.63) is 89.3 Å². The molecule has 0 radical (unpaired) electrons. The molecule has 1 saturated heterocycles. The molecule has 172 valence electrons. The highest BCUT2D eigenvalue weighted by Gasteiger charge is 2.25. The fraction of sp³-hybridized carbons (Fsp3) is 0.296. The molecule has 0 bridgehead atoms. The Bertz CT molecular complexity index is 1350. The summed E-state index contributed by atoms with van der Waals surface area (Å²) in [6.45, 7) is 5.66. The molecule has 2 aliphatic heterocycles. The van der Waals surface area contributed by atoms with E-state index in [-0.39, 0.29) is 11.9 Å². The third kappa shape index (κ3) is 3.96. The number of halogens is 1. The minimum absolute atomic E-state index is 0.0488. The highest BCUT2D eigenvalue weighted by molar-refractivity contribution is 5.89. The van der Waals surface area contributed by atoms with E-state index in [1.54, 1.807) is 6.07 Å². The molecular formula is C27H26FN5O. The molecule has 0 unspecified atom stereocenters. The number of anilines is 2. The first-order valence-electron chi connectivity index (χ1n) is 11.7. The summed E-state index contributed by atoms with van der Waals surface area (Å²) in [7, 11) is 0. The van der Waals surface area contributed by atoms with Crippen molar-refractivity contribution in [2.24, 2.45) is 0 Å². The van der Waals surface area contributed by atoms with E-state index in [4.69, 9.17) is 14.7 Å². The molecule has 7 heteroatoms. The Morgan fingerprint density at radius 3 is 2.76 bits per heavy atom. The van der Waals surface area contributed by atoms with Crippen LogP contribution in [0.15, 0.2) is 60.8 Å². The van der Waals surface area contributed by atoms with E-state index >= 15 is 0 Å². The number of nitrogens with zero attached hydrogens (tertiary/aromatic N) is 5. The van der Waals surface area contributed by atoms with Gasteiger partial charge >= 0.3 is 0 Å². The smallest absolute Gasteiger partial charge is 0.140 e. The molecule has 2 aliphatic rings. The van der Waals surface area contributed by atoms with E-state index < -0.39 is 0 Å². The van der Waals surface area contributed by atoms with Crippen LogP contribution in [0.3, 0.4) is 0 Å². The number of aryl methyl sites for hydroxylation is 1. The molecule has 2 aromatic carbocycles. The Labute approximate surface area is 198 Å².